The fourth-order valence-electron chi connectivity index (χ4n) is 1.90. The van der Waals surface area contributed by atoms with Gasteiger partial charge in [0.15, 0.2) is 0 Å². The van der Waals surface area contributed by atoms with Crippen LogP contribution in [-0.4, -0.2) is 4.98 Å². The first-order chi connectivity index (χ1) is 9.36. The molecule has 3 aromatic rings. The van der Waals surface area contributed by atoms with E-state index in [1.165, 1.54) is 6.20 Å². The van der Waals surface area contributed by atoms with E-state index in [2.05, 4.69) is 4.98 Å². The summed E-state index contributed by atoms with van der Waals surface area (Å²) in [6.07, 6.45) is 1.50. The molecule has 0 fully saturated rings. The van der Waals surface area contributed by atoms with Crippen LogP contribution in [0.25, 0.3) is 10.8 Å². The van der Waals surface area contributed by atoms with E-state index >= 15 is 0 Å². The van der Waals surface area contributed by atoms with Crippen molar-refractivity contribution >= 4 is 10.8 Å². The summed E-state index contributed by atoms with van der Waals surface area (Å²) in [7, 11) is 0. The molecule has 0 aliphatic rings. The van der Waals surface area contributed by atoms with Crippen molar-refractivity contribution in [2.45, 2.75) is 0 Å². The fourth-order valence-corrected chi connectivity index (χ4v) is 1.90. The van der Waals surface area contributed by atoms with Gasteiger partial charge < -0.3 is 4.74 Å². The van der Waals surface area contributed by atoms with Crippen LogP contribution in [0.5, 0.6) is 11.6 Å². The largest absolute Gasteiger partial charge is 0.438 e. The fraction of sp³-hybridized carbons (Fsp3) is 0. The zero-order chi connectivity index (χ0) is 13.1. The molecular formula is C16H10N2O. The SMILES string of the molecule is N#Cc1ccc(Oc2cccc3ccccc23)nc1. The van der Waals surface area contributed by atoms with Crippen LogP contribution in [0.3, 0.4) is 0 Å². The van der Waals surface area contributed by atoms with Gasteiger partial charge in [-0.1, -0.05) is 36.4 Å². The van der Waals surface area contributed by atoms with Crippen LogP contribution in [0.15, 0.2) is 60.8 Å². The molecule has 1 heterocycles. The highest BCUT2D eigenvalue weighted by Gasteiger charge is 2.03. The van der Waals surface area contributed by atoms with Gasteiger partial charge in [-0.25, -0.2) is 4.98 Å². The van der Waals surface area contributed by atoms with Gasteiger partial charge in [0.25, 0.3) is 0 Å². The number of rotatable bonds is 2. The Balaban J connectivity index is 1.99. The molecule has 0 bridgehead atoms. The van der Waals surface area contributed by atoms with E-state index in [4.69, 9.17) is 10.00 Å². The van der Waals surface area contributed by atoms with Gasteiger partial charge in [0, 0.05) is 17.6 Å². The monoisotopic (exact) mass is 246 g/mol. The molecular weight excluding hydrogens is 236 g/mol. The molecule has 0 atom stereocenters. The first-order valence-electron chi connectivity index (χ1n) is 5.88. The molecule has 3 nitrogen and oxygen atoms in total. The van der Waals surface area contributed by atoms with Crippen LogP contribution in [0.1, 0.15) is 5.56 Å². The number of ether oxygens (including phenoxy) is 1. The molecule has 0 aliphatic carbocycles. The molecule has 0 amide bonds. The van der Waals surface area contributed by atoms with Gasteiger partial charge in [-0.05, 0) is 17.5 Å². The highest BCUT2D eigenvalue weighted by Crippen LogP contribution is 2.28. The number of benzene rings is 2. The maximum Gasteiger partial charge on any atom is 0.219 e. The third-order valence-electron chi connectivity index (χ3n) is 2.83. The lowest BCUT2D eigenvalue weighted by Gasteiger charge is -2.07. The summed E-state index contributed by atoms with van der Waals surface area (Å²) in [6.45, 7) is 0. The van der Waals surface area contributed by atoms with Crippen molar-refractivity contribution in [1.29, 1.82) is 5.26 Å². The minimum absolute atomic E-state index is 0.482. The molecule has 19 heavy (non-hydrogen) atoms. The second kappa shape index (κ2) is 4.79. The predicted octanol–water partition coefficient (Wildman–Crippen LogP) is 3.90. The van der Waals surface area contributed by atoms with Gasteiger partial charge in [0.2, 0.25) is 5.88 Å². The highest BCUT2D eigenvalue weighted by molar-refractivity contribution is 5.88. The van der Waals surface area contributed by atoms with Crippen molar-refractivity contribution in [2.24, 2.45) is 0 Å². The molecule has 3 heteroatoms. The van der Waals surface area contributed by atoms with E-state index in [0.717, 1.165) is 16.5 Å². The molecule has 3 rings (SSSR count). The van der Waals surface area contributed by atoms with Gasteiger partial charge in [-0.3, -0.25) is 0 Å². The quantitative estimate of drug-likeness (QED) is 0.688. The summed E-state index contributed by atoms with van der Waals surface area (Å²) < 4.78 is 5.77. The molecule has 0 unspecified atom stereocenters. The Morgan fingerprint density at radius 3 is 2.58 bits per heavy atom. The van der Waals surface area contributed by atoms with Crippen LogP contribution in [0.2, 0.25) is 0 Å². The maximum absolute atomic E-state index is 8.73. The van der Waals surface area contributed by atoms with Crippen molar-refractivity contribution in [3.05, 3.63) is 66.4 Å². The van der Waals surface area contributed by atoms with E-state index in [-0.39, 0.29) is 0 Å². The molecule has 0 saturated heterocycles. The summed E-state index contributed by atoms with van der Waals surface area (Å²) in [6, 6.07) is 19.3. The second-order valence-corrected chi connectivity index (χ2v) is 4.08. The lowest BCUT2D eigenvalue weighted by Crippen LogP contribution is -1.89. The minimum Gasteiger partial charge on any atom is -0.438 e. The Labute approximate surface area is 110 Å². The summed E-state index contributed by atoms with van der Waals surface area (Å²) in [5.74, 6) is 1.24. The van der Waals surface area contributed by atoms with Gasteiger partial charge in [0.05, 0.1) is 5.56 Å². The van der Waals surface area contributed by atoms with E-state index < -0.39 is 0 Å². The van der Waals surface area contributed by atoms with E-state index in [9.17, 15) is 0 Å². The van der Waals surface area contributed by atoms with Crippen molar-refractivity contribution in [3.63, 3.8) is 0 Å². The maximum atomic E-state index is 8.73. The Hall–Kier alpha value is -2.86. The first kappa shape index (κ1) is 11.2. The lowest BCUT2D eigenvalue weighted by atomic mass is 10.1. The number of aromatic nitrogens is 1. The highest BCUT2D eigenvalue weighted by atomic mass is 16.5. The van der Waals surface area contributed by atoms with Crippen molar-refractivity contribution in [2.75, 3.05) is 0 Å². The third kappa shape index (κ3) is 2.24. The molecule has 1 aromatic heterocycles. The molecule has 0 saturated carbocycles. The Kier molecular flexibility index (Phi) is 2.83. The molecule has 0 aliphatic heterocycles. The van der Waals surface area contributed by atoms with Crippen LogP contribution < -0.4 is 4.74 Å². The van der Waals surface area contributed by atoms with E-state index in [1.807, 2.05) is 48.5 Å². The van der Waals surface area contributed by atoms with Gasteiger partial charge in [0.1, 0.15) is 11.8 Å². The van der Waals surface area contributed by atoms with Crippen LogP contribution in [0, 0.1) is 11.3 Å². The Morgan fingerprint density at radius 2 is 1.79 bits per heavy atom. The van der Waals surface area contributed by atoms with Gasteiger partial charge in [-0.2, -0.15) is 5.26 Å². The lowest BCUT2D eigenvalue weighted by molar-refractivity contribution is 0.468. The number of fused-ring (bicyclic) bond motifs is 1. The smallest absolute Gasteiger partial charge is 0.219 e. The van der Waals surface area contributed by atoms with Crippen molar-refractivity contribution in [1.82, 2.24) is 4.98 Å². The van der Waals surface area contributed by atoms with Crippen LogP contribution in [0.4, 0.5) is 0 Å². The molecule has 0 N–H and O–H groups in total. The number of nitriles is 1. The molecule has 90 valence electrons. The van der Waals surface area contributed by atoms with Crippen LogP contribution in [-0.2, 0) is 0 Å². The number of hydrogen-bond donors (Lipinski definition) is 0. The van der Waals surface area contributed by atoms with Crippen molar-refractivity contribution in [3.8, 4) is 17.7 Å². The van der Waals surface area contributed by atoms with Gasteiger partial charge in [-0.15, -0.1) is 0 Å². The average Bonchev–Trinajstić information content (AvgIpc) is 2.48. The number of hydrogen-bond acceptors (Lipinski definition) is 3. The zero-order valence-corrected chi connectivity index (χ0v) is 10.1. The third-order valence-corrected chi connectivity index (χ3v) is 2.83. The summed E-state index contributed by atoms with van der Waals surface area (Å²) in [4.78, 5) is 4.11. The molecule has 2 aromatic carbocycles. The topological polar surface area (TPSA) is 45.9 Å². The van der Waals surface area contributed by atoms with E-state index in [0.29, 0.717) is 11.4 Å². The van der Waals surface area contributed by atoms with Crippen molar-refractivity contribution < 1.29 is 4.74 Å². The summed E-state index contributed by atoms with van der Waals surface area (Å²) >= 11 is 0. The normalized spacial score (nSPS) is 10.1. The Morgan fingerprint density at radius 1 is 0.947 bits per heavy atom. The first-order valence-corrected chi connectivity index (χ1v) is 5.88. The predicted molar refractivity (Wildman–Crippen MR) is 73.0 cm³/mol. The number of nitrogens with zero attached hydrogens (tertiary/aromatic N) is 2. The molecule has 0 spiro atoms. The van der Waals surface area contributed by atoms with E-state index in [1.54, 1.807) is 12.1 Å². The molecule has 0 radical (unpaired) electrons. The summed E-state index contributed by atoms with van der Waals surface area (Å²) in [5, 5.41) is 10.9. The number of pyridine rings is 1. The average molecular weight is 246 g/mol. The second-order valence-electron chi connectivity index (χ2n) is 4.08. The van der Waals surface area contributed by atoms with Crippen LogP contribution >= 0.6 is 0 Å². The minimum atomic E-state index is 0.482. The zero-order valence-electron chi connectivity index (χ0n) is 10.1. The summed E-state index contributed by atoms with van der Waals surface area (Å²) in [5.41, 5.74) is 0.519. The Bertz CT molecular complexity index is 752. The standard InChI is InChI=1S/C16H10N2O/c17-10-12-8-9-16(18-11-12)19-15-7-3-5-13-4-1-2-6-14(13)15/h1-9,11H. The van der Waals surface area contributed by atoms with Gasteiger partial charge >= 0.3 is 0 Å².